The summed E-state index contributed by atoms with van der Waals surface area (Å²) >= 11 is 10.4. The Bertz CT molecular complexity index is 1410. The van der Waals surface area contributed by atoms with Crippen LogP contribution in [0.1, 0.15) is 15.9 Å². The molecule has 1 heterocycles. The lowest BCUT2D eigenvalue weighted by molar-refractivity contribution is -0.584. The summed E-state index contributed by atoms with van der Waals surface area (Å²) < 4.78 is 30.6. The van der Waals surface area contributed by atoms with Crippen molar-refractivity contribution in [2.75, 3.05) is 19.0 Å². The Labute approximate surface area is 209 Å². The fourth-order valence-corrected chi connectivity index (χ4v) is 5.12. The number of aryl methyl sites for hydroxylation is 1. The Morgan fingerprint density at radius 1 is 1.12 bits per heavy atom. The van der Waals surface area contributed by atoms with Crippen molar-refractivity contribution in [2.45, 2.75) is 16.7 Å². The van der Waals surface area contributed by atoms with Gasteiger partial charge in [-0.1, -0.05) is 41.9 Å². The predicted octanol–water partition coefficient (Wildman–Crippen LogP) is 3.84. The van der Waals surface area contributed by atoms with E-state index in [0.29, 0.717) is 10.6 Å². The number of carbonyl (C=O) groups is 1. The van der Waals surface area contributed by atoms with E-state index in [9.17, 15) is 18.5 Å². The van der Waals surface area contributed by atoms with Crippen LogP contribution >= 0.6 is 24.2 Å². The van der Waals surface area contributed by atoms with Gasteiger partial charge in [0.2, 0.25) is 5.78 Å². The largest absolute Gasteiger partial charge is 0.377 e. The third kappa shape index (κ3) is 5.42. The Hall–Kier alpha value is -3.32. The van der Waals surface area contributed by atoms with Crippen LogP contribution in [0.5, 0.6) is 0 Å². The highest BCUT2D eigenvalue weighted by Gasteiger charge is 2.31. The standard InChI is InChI=1S/C24H21ClN4O3S2/c1-16-13-22(21(33)14-20(16)25)34(31,32)27-24(29-11-9-18(10-12-29)28(2)3)19(15-26)23(30)17-7-5-4-6-8-17/h4-14H,1-3H3,(H-,27,30,33)/p+1. The van der Waals surface area contributed by atoms with Crippen LogP contribution in [0.15, 0.2) is 82.4 Å². The van der Waals surface area contributed by atoms with E-state index in [4.69, 9.17) is 11.6 Å². The van der Waals surface area contributed by atoms with Gasteiger partial charge in [0.05, 0.1) is 12.4 Å². The molecule has 0 fully saturated rings. The summed E-state index contributed by atoms with van der Waals surface area (Å²) in [6.45, 7) is 1.67. The minimum Gasteiger partial charge on any atom is -0.377 e. The van der Waals surface area contributed by atoms with E-state index in [0.717, 1.165) is 5.69 Å². The minimum absolute atomic E-state index is 0.128. The average Bonchev–Trinajstić information content (AvgIpc) is 2.81. The molecule has 0 unspecified atom stereocenters. The number of ketones is 1. The molecule has 0 bridgehead atoms. The van der Waals surface area contributed by atoms with E-state index >= 15 is 0 Å². The van der Waals surface area contributed by atoms with Gasteiger partial charge in [0.15, 0.2) is 5.57 Å². The molecular formula is C24H22ClN4O3S2+. The molecule has 2 aromatic carbocycles. The molecule has 3 aromatic rings. The molecule has 34 heavy (non-hydrogen) atoms. The van der Waals surface area contributed by atoms with E-state index in [1.807, 2.05) is 25.1 Å². The maximum absolute atomic E-state index is 13.4. The molecule has 0 amide bonds. The summed E-state index contributed by atoms with van der Waals surface area (Å²) in [5, 5.41) is 10.3. The van der Waals surface area contributed by atoms with Crippen LogP contribution in [-0.2, 0) is 10.0 Å². The van der Waals surface area contributed by atoms with Gasteiger partial charge in [-0.25, -0.2) is 4.57 Å². The molecule has 0 saturated heterocycles. The van der Waals surface area contributed by atoms with Crippen LogP contribution in [0.4, 0.5) is 5.69 Å². The van der Waals surface area contributed by atoms with Crippen LogP contribution in [0.25, 0.3) is 5.82 Å². The second-order valence-corrected chi connectivity index (χ2v) is 10.1. The van der Waals surface area contributed by atoms with Gasteiger partial charge in [0.25, 0.3) is 0 Å². The summed E-state index contributed by atoms with van der Waals surface area (Å²) in [5.74, 6) is -0.828. The molecule has 10 heteroatoms. The van der Waals surface area contributed by atoms with E-state index in [1.54, 1.807) is 61.8 Å². The highest BCUT2D eigenvalue weighted by molar-refractivity contribution is 7.90. The lowest BCUT2D eigenvalue weighted by Crippen LogP contribution is -2.43. The van der Waals surface area contributed by atoms with Gasteiger partial charge in [0.1, 0.15) is 11.0 Å². The molecule has 0 aliphatic rings. The number of halogens is 1. The topological polar surface area (TPSA) is 94.1 Å². The number of Topliss-reactive ketones (excluding diaryl/α,β-unsaturated/α-hetero) is 1. The minimum atomic E-state index is -4.25. The second kappa shape index (κ2) is 10.3. The summed E-state index contributed by atoms with van der Waals surface area (Å²) in [6, 6.07) is 16.3. The molecule has 3 rings (SSSR count). The molecule has 0 spiro atoms. The second-order valence-electron chi connectivity index (χ2n) is 7.56. The van der Waals surface area contributed by atoms with Crippen molar-refractivity contribution in [1.82, 2.24) is 4.72 Å². The number of carbonyl (C=O) groups excluding carboxylic acids is 1. The molecule has 0 aliphatic carbocycles. The lowest BCUT2D eigenvalue weighted by atomic mass is 10.0. The normalized spacial score (nSPS) is 11.9. The zero-order valence-corrected chi connectivity index (χ0v) is 21.1. The number of rotatable bonds is 7. The average molecular weight is 514 g/mol. The van der Waals surface area contributed by atoms with E-state index in [1.165, 1.54) is 16.7 Å². The number of hydrogen-bond acceptors (Lipinski definition) is 6. The maximum atomic E-state index is 13.4. The first kappa shape index (κ1) is 25.3. The van der Waals surface area contributed by atoms with Crippen molar-refractivity contribution in [1.29, 1.82) is 5.26 Å². The number of aromatic nitrogens is 1. The van der Waals surface area contributed by atoms with Crippen molar-refractivity contribution < 1.29 is 17.8 Å². The lowest BCUT2D eigenvalue weighted by Gasteiger charge is -2.13. The maximum Gasteiger partial charge on any atom is 0.330 e. The third-order valence-electron chi connectivity index (χ3n) is 4.96. The first-order valence-corrected chi connectivity index (χ1v) is 12.3. The molecule has 1 N–H and O–H groups in total. The van der Waals surface area contributed by atoms with Crippen molar-refractivity contribution in [3.8, 4) is 6.07 Å². The number of thiol groups is 1. The Kier molecular flexibility index (Phi) is 7.67. The Morgan fingerprint density at radius 2 is 1.74 bits per heavy atom. The molecule has 1 aromatic heterocycles. The number of sulfonamides is 1. The van der Waals surface area contributed by atoms with E-state index in [2.05, 4.69) is 17.4 Å². The van der Waals surface area contributed by atoms with Crippen molar-refractivity contribution in [2.24, 2.45) is 0 Å². The molecular weight excluding hydrogens is 492 g/mol. The first-order valence-electron chi connectivity index (χ1n) is 10.00. The highest BCUT2D eigenvalue weighted by Crippen LogP contribution is 2.27. The SMILES string of the molecule is Cc1cc(S(=O)(=O)NC(=C(C#N)C(=O)c2ccccc2)[n+]2ccc(N(C)C)cc2)c(S)cc1Cl. The summed E-state index contributed by atoms with van der Waals surface area (Å²) in [6.07, 6.45) is 3.13. The highest BCUT2D eigenvalue weighted by atomic mass is 35.5. The van der Waals surface area contributed by atoms with Crippen LogP contribution in [-0.4, -0.2) is 28.3 Å². The van der Waals surface area contributed by atoms with Crippen molar-refractivity contribution in [3.63, 3.8) is 0 Å². The number of benzene rings is 2. The number of nitrogens with zero attached hydrogens (tertiary/aromatic N) is 3. The molecule has 0 aliphatic heterocycles. The fraction of sp³-hybridized carbons (Fsp3) is 0.125. The van der Waals surface area contributed by atoms with Gasteiger partial charge < -0.3 is 4.90 Å². The predicted molar refractivity (Wildman–Crippen MR) is 134 cm³/mol. The monoisotopic (exact) mass is 513 g/mol. The molecule has 0 saturated carbocycles. The zero-order chi connectivity index (χ0) is 25.0. The van der Waals surface area contributed by atoms with E-state index < -0.39 is 15.8 Å². The van der Waals surface area contributed by atoms with Gasteiger partial charge in [-0.2, -0.15) is 18.4 Å². The van der Waals surface area contributed by atoms with Crippen molar-refractivity contribution >= 4 is 51.5 Å². The number of hydrogen-bond donors (Lipinski definition) is 2. The Morgan fingerprint density at radius 3 is 2.29 bits per heavy atom. The summed E-state index contributed by atoms with van der Waals surface area (Å²) in [7, 11) is -0.538. The number of allylic oxidation sites excluding steroid dienone is 1. The van der Waals surface area contributed by atoms with Gasteiger partial charge >= 0.3 is 15.8 Å². The van der Waals surface area contributed by atoms with Gasteiger partial charge in [-0.15, -0.1) is 12.6 Å². The molecule has 7 nitrogen and oxygen atoms in total. The van der Waals surface area contributed by atoms with Crippen LogP contribution in [0.3, 0.4) is 0 Å². The third-order valence-corrected chi connectivity index (χ3v) is 7.27. The molecule has 0 atom stereocenters. The van der Waals surface area contributed by atoms with Crippen LogP contribution in [0.2, 0.25) is 5.02 Å². The van der Waals surface area contributed by atoms with Crippen LogP contribution < -0.4 is 14.2 Å². The number of nitrogens with one attached hydrogen (secondary N) is 1. The van der Waals surface area contributed by atoms with Gasteiger partial charge in [-0.3, -0.25) is 4.79 Å². The quantitative estimate of drug-likeness (QED) is 0.164. The fourth-order valence-electron chi connectivity index (χ4n) is 3.09. The first-order chi connectivity index (χ1) is 16.0. The molecule has 174 valence electrons. The summed E-state index contributed by atoms with van der Waals surface area (Å²) in [4.78, 5) is 15.0. The van der Waals surface area contributed by atoms with Gasteiger partial charge in [-0.05, 0) is 24.6 Å². The zero-order valence-electron chi connectivity index (χ0n) is 18.7. The molecule has 0 radical (unpaired) electrons. The Balaban J connectivity index is 2.21. The number of anilines is 1. The van der Waals surface area contributed by atoms with E-state index in [-0.39, 0.29) is 26.7 Å². The van der Waals surface area contributed by atoms with Crippen LogP contribution in [0, 0.1) is 18.3 Å². The smallest absolute Gasteiger partial charge is 0.330 e. The number of pyridine rings is 1. The van der Waals surface area contributed by atoms with Gasteiger partial charge in [0, 0.05) is 47.4 Å². The number of nitriles is 1. The van der Waals surface area contributed by atoms with Crippen molar-refractivity contribution in [3.05, 3.63) is 88.7 Å². The summed E-state index contributed by atoms with van der Waals surface area (Å²) in [5.41, 5.74) is 1.26.